The summed E-state index contributed by atoms with van der Waals surface area (Å²) in [5.74, 6) is 0. The highest BCUT2D eigenvalue weighted by atomic mass is 35.5. The minimum absolute atomic E-state index is 0.0282. The largest absolute Gasteiger partial charge is 0.417 e. The normalized spacial score (nSPS) is 11.3. The van der Waals surface area contributed by atoms with E-state index < -0.39 is 17.3 Å². The standard InChI is InChI=1S/C19H9Cl2F3N2S/c20-12-3-1-11(2-4-12)17-9-16(19(22,23)24)15(10-25)18(26-17)27-14-7-5-13(21)6-8-14/h1-9H. The second-order valence-electron chi connectivity index (χ2n) is 5.41. The maximum Gasteiger partial charge on any atom is 0.417 e. The van der Waals surface area contributed by atoms with Crippen molar-refractivity contribution in [1.29, 1.82) is 5.26 Å². The van der Waals surface area contributed by atoms with Crippen molar-refractivity contribution in [3.05, 3.63) is 75.8 Å². The number of benzene rings is 2. The minimum Gasteiger partial charge on any atom is -0.240 e. The average Bonchev–Trinajstić information content (AvgIpc) is 2.63. The third-order valence-corrected chi connectivity index (χ3v) is 5.07. The lowest BCUT2D eigenvalue weighted by atomic mass is 10.1. The molecule has 0 fully saturated rings. The second-order valence-corrected chi connectivity index (χ2v) is 7.34. The highest BCUT2D eigenvalue weighted by molar-refractivity contribution is 7.99. The van der Waals surface area contributed by atoms with Gasteiger partial charge in [0.1, 0.15) is 11.1 Å². The summed E-state index contributed by atoms with van der Waals surface area (Å²) in [6.45, 7) is 0. The average molecular weight is 425 g/mol. The first-order chi connectivity index (χ1) is 12.8. The van der Waals surface area contributed by atoms with Crippen LogP contribution in [0.1, 0.15) is 11.1 Å². The Hall–Kier alpha value is -2.20. The maximum absolute atomic E-state index is 13.5. The van der Waals surface area contributed by atoms with E-state index in [0.29, 0.717) is 20.5 Å². The Morgan fingerprint density at radius 2 is 1.48 bits per heavy atom. The first-order valence-corrected chi connectivity index (χ1v) is 9.07. The first-order valence-electron chi connectivity index (χ1n) is 7.49. The number of hydrogen-bond donors (Lipinski definition) is 0. The summed E-state index contributed by atoms with van der Waals surface area (Å²) in [5.41, 5.74) is -0.969. The van der Waals surface area contributed by atoms with Crippen LogP contribution < -0.4 is 0 Å². The Kier molecular flexibility index (Phi) is 5.66. The van der Waals surface area contributed by atoms with Crippen LogP contribution in [0.3, 0.4) is 0 Å². The number of alkyl halides is 3. The molecule has 0 saturated heterocycles. The third-order valence-electron chi connectivity index (χ3n) is 3.57. The van der Waals surface area contributed by atoms with Crippen LogP contribution in [0.5, 0.6) is 0 Å². The molecule has 0 bridgehead atoms. The molecule has 1 heterocycles. The Morgan fingerprint density at radius 1 is 0.926 bits per heavy atom. The monoisotopic (exact) mass is 424 g/mol. The van der Waals surface area contributed by atoms with Crippen LogP contribution in [0.2, 0.25) is 10.0 Å². The van der Waals surface area contributed by atoms with Gasteiger partial charge in [-0.3, -0.25) is 0 Å². The third kappa shape index (κ3) is 4.56. The van der Waals surface area contributed by atoms with E-state index in [2.05, 4.69) is 4.98 Å². The summed E-state index contributed by atoms with van der Waals surface area (Å²) < 4.78 is 40.6. The molecule has 0 aliphatic carbocycles. The van der Waals surface area contributed by atoms with E-state index in [1.807, 2.05) is 0 Å². The lowest BCUT2D eigenvalue weighted by Gasteiger charge is -2.14. The molecule has 0 atom stereocenters. The number of nitriles is 1. The molecule has 1 aromatic heterocycles. The van der Waals surface area contributed by atoms with Gasteiger partial charge in [-0.1, -0.05) is 47.1 Å². The smallest absolute Gasteiger partial charge is 0.240 e. The van der Waals surface area contributed by atoms with E-state index in [4.69, 9.17) is 23.2 Å². The van der Waals surface area contributed by atoms with Gasteiger partial charge >= 0.3 is 6.18 Å². The van der Waals surface area contributed by atoms with Gasteiger partial charge in [-0.2, -0.15) is 18.4 Å². The Morgan fingerprint density at radius 3 is 2.00 bits per heavy atom. The van der Waals surface area contributed by atoms with Crippen molar-refractivity contribution in [1.82, 2.24) is 4.98 Å². The van der Waals surface area contributed by atoms with Crippen LogP contribution in [-0.2, 0) is 6.18 Å². The number of halogens is 5. The van der Waals surface area contributed by atoms with Crippen molar-refractivity contribution < 1.29 is 13.2 Å². The molecule has 3 aromatic rings. The zero-order valence-electron chi connectivity index (χ0n) is 13.4. The molecule has 2 aromatic carbocycles. The molecule has 27 heavy (non-hydrogen) atoms. The molecule has 0 saturated carbocycles. The van der Waals surface area contributed by atoms with Gasteiger partial charge in [0, 0.05) is 20.5 Å². The van der Waals surface area contributed by atoms with Crippen LogP contribution in [0.4, 0.5) is 13.2 Å². The van der Waals surface area contributed by atoms with Gasteiger partial charge in [-0.05, 0) is 42.5 Å². The fourth-order valence-corrected chi connectivity index (χ4v) is 3.46. The van der Waals surface area contributed by atoms with Gasteiger partial charge in [-0.15, -0.1) is 0 Å². The topological polar surface area (TPSA) is 36.7 Å². The van der Waals surface area contributed by atoms with Gasteiger partial charge in [-0.25, -0.2) is 4.98 Å². The summed E-state index contributed by atoms with van der Waals surface area (Å²) in [6.07, 6.45) is -4.69. The van der Waals surface area contributed by atoms with E-state index in [0.717, 1.165) is 17.8 Å². The van der Waals surface area contributed by atoms with E-state index in [1.165, 1.54) is 0 Å². The molecule has 0 aliphatic rings. The van der Waals surface area contributed by atoms with Crippen molar-refractivity contribution in [2.75, 3.05) is 0 Å². The number of pyridine rings is 1. The number of nitrogens with zero attached hydrogens (tertiary/aromatic N) is 2. The van der Waals surface area contributed by atoms with Crippen molar-refractivity contribution in [2.45, 2.75) is 16.1 Å². The molecule has 136 valence electrons. The highest BCUT2D eigenvalue weighted by Gasteiger charge is 2.36. The molecule has 0 unspecified atom stereocenters. The summed E-state index contributed by atoms with van der Waals surface area (Å²) in [4.78, 5) is 4.92. The van der Waals surface area contributed by atoms with Crippen LogP contribution in [0.15, 0.2) is 64.5 Å². The SMILES string of the molecule is N#Cc1c(C(F)(F)F)cc(-c2ccc(Cl)cc2)nc1Sc1ccc(Cl)cc1. The predicted octanol–water partition coefficient (Wildman–Crippen LogP) is 7.10. The first kappa shape index (κ1) is 19.6. The molecule has 3 rings (SSSR count). The van der Waals surface area contributed by atoms with Gasteiger partial charge in [0.2, 0.25) is 0 Å². The lowest BCUT2D eigenvalue weighted by molar-refractivity contribution is -0.138. The summed E-state index contributed by atoms with van der Waals surface area (Å²) >= 11 is 12.7. The lowest BCUT2D eigenvalue weighted by Crippen LogP contribution is -2.10. The summed E-state index contributed by atoms with van der Waals surface area (Å²) in [7, 11) is 0. The molecule has 8 heteroatoms. The van der Waals surface area contributed by atoms with Gasteiger partial charge in [0.15, 0.2) is 0 Å². The summed E-state index contributed by atoms with van der Waals surface area (Å²) in [5, 5.41) is 10.3. The summed E-state index contributed by atoms with van der Waals surface area (Å²) in [6, 6.07) is 15.3. The molecule has 0 radical (unpaired) electrons. The van der Waals surface area contributed by atoms with Crippen molar-refractivity contribution in [3.63, 3.8) is 0 Å². The molecule has 0 spiro atoms. The predicted molar refractivity (Wildman–Crippen MR) is 100.0 cm³/mol. The number of rotatable bonds is 3. The van der Waals surface area contributed by atoms with E-state index in [1.54, 1.807) is 54.6 Å². The van der Waals surface area contributed by atoms with Crippen LogP contribution in [0, 0.1) is 11.3 Å². The van der Waals surface area contributed by atoms with E-state index in [-0.39, 0.29) is 10.7 Å². The van der Waals surface area contributed by atoms with Crippen molar-refractivity contribution in [2.24, 2.45) is 0 Å². The molecule has 0 amide bonds. The van der Waals surface area contributed by atoms with E-state index >= 15 is 0 Å². The Balaban J connectivity index is 2.17. The zero-order valence-corrected chi connectivity index (χ0v) is 15.7. The van der Waals surface area contributed by atoms with Gasteiger partial charge in [0.05, 0.1) is 16.8 Å². The quantitative estimate of drug-likeness (QED) is 0.449. The zero-order chi connectivity index (χ0) is 19.6. The molecular weight excluding hydrogens is 416 g/mol. The second kappa shape index (κ2) is 7.81. The van der Waals surface area contributed by atoms with E-state index in [9.17, 15) is 18.4 Å². The van der Waals surface area contributed by atoms with Crippen LogP contribution in [-0.4, -0.2) is 4.98 Å². The fourth-order valence-electron chi connectivity index (χ4n) is 2.31. The Labute approximate surface area is 167 Å². The number of aromatic nitrogens is 1. The number of hydrogen-bond acceptors (Lipinski definition) is 3. The van der Waals surface area contributed by atoms with Crippen LogP contribution >= 0.6 is 35.0 Å². The Bertz CT molecular complexity index is 1010. The maximum atomic E-state index is 13.5. The molecule has 0 N–H and O–H groups in total. The minimum atomic E-state index is -4.69. The van der Waals surface area contributed by atoms with Gasteiger partial charge in [0.25, 0.3) is 0 Å². The molecular formula is C19H9Cl2F3N2S. The van der Waals surface area contributed by atoms with Crippen molar-refractivity contribution in [3.8, 4) is 17.3 Å². The molecule has 0 aliphatic heterocycles. The fraction of sp³-hybridized carbons (Fsp3) is 0.0526. The molecule has 2 nitrogen and oxygen atoms in total. The van der Waals surface area contributed by atoms with Crippen LogP contribution in [0.25, 0.3) is 11.3 Å². The highest BCUT2D eigenvalue weighted by Crippen LogP contribution is 2.40. The van der Waals surface area contributed by atoms with Crippen molar-refractivity contribution >= 4 is 35.0 Å². The van der Waals surface area contributed by atoms with Gasteiger partial charge < -0.3 is 0 Å².